The van der Waals surface area contributed by atoms with Gasteiger partial charge in [-0.2, -0.15) is 0 Å². The molecule has 0 spiro atoms. The summed E-state index contributed by atoms with van der Waals surface area (Å²) in [4.78, 5) is 72.5. The molecule has 0 aliphatic heterocycles. The van der Waals surface area contributed by atoms with E-state index >= 15 is 0 Å². The number of esters is 4. The van der Waals surface area contributed by atoms with Crippen molar-refractivity contribution in [3.63, 3.8) is 0 Å². The van der Waals surface area contributed by atoms with Crippen LogP contribution in [-0.4, -0.2) is 96.7 Å². The zero-order valence-corrected chi connectivity index (χ0v) is 60.6. The molecule has 7 atom stereocenters. The van der Waals surface area contributed by atoms with Crippen LogP contribution in [0.15, 0.2) is 0 Å². The van der Waals surface area contributed by atoms with Gasteiger partial charge in [-0.15, -0.1) is 0 Å². The smallest absolute Gasteiger partial charge is 0.462 e. The lowest BCUT2D eigenvalue weighted by Crippen LogP contribution is -2.30. The average Bonchev–Trinajstić information content (AvgIpc) is 3.71. The van der Waals surface area contributed by atoms with Gasteiger partial charge in [0.15, 0.2) is 12.2 Å². The summed E-state index contributed by atoms with van der Waals surface area (Å²) in [6.07, 6.45) is 43.2. The van der Waals surface area contributed by atoms with Crippen LogP contribution < -0.4 is 0 Å². The molecule has 90 heavy (non-hydrogen) atoms. The van der Waals surface area contributed by atoms with Crippen molar-refractivity contribution in [2.24, 2.45) is 23.7 Å². The first-order valence-electron chi connectivity index (χ1n) is 36.8. The highest BCUT2D eigenvalue weighted by atomic mass is 31.2. The first-order chi connectivity index (χ1) is 43.2. The Bertz CT molecular complexity index is 1790. The molecule has 5 unspecified atom stereocenters. The van der Waals surface area contributed by atoms with E-state index in [9.17, 15) is 43.2 Å². The van der Waals surface area contributed by atoms with Crippen molar-refractivity contribution in [2.75, 3.05) is 39.6 Å². The molecule has 0 heterocycles. The van der Waals surface area contributed by atoms with Gasteiger partial charge in [0.25, 0.3) is 0 Å². The molecule has 0 saturated carbocycles. The molecule has 534 valence electrons. The zero-order valence-electron chi connectivity index (χ0n) is 58.8. The molecule has 17 nitrogen and oxygen atoms in total. The Morgan fingerprint density at radius 1 is 0.311 bits per heavy atom. The van der Waals surface area contributed by atoms with E-state index in [0.29, 0.717) is 31.6 Å². The third kappa shape index (κ3) is 62.2. The zero-order chi connectivity index (χ0) is 66.8. The van der Waals surface area contributed by atoms with Crippen LogP contribution >= 0.6 is 15.6 Å². The Morgan fingerprint density at radius 2 is 0.533 bits per heavy atom. The molecule has 0 amide bonds. The largest absolute Gasteiger partial charge is 0.472 e. The summed E-state index contributed by atoms with van der Waals surface area (Å²) in [5.41, 5.74) is 0. The highest BCUT2D eigenvalue weighted by Gasteiger charge is 2.30. The molecule has 0 aromatic rings. The molecule has 19 heteroatoms. The van der Waals surface area contributed by atoms with E-state index in [0.717, 1.165) is 114 Å². The topological polar surface area (TPSA) is 237 Å². The van der Waals surface area contributed by atoms with Crippen LogP contribution in [-0.2, 0) is 65.4 Å². The van der Waals surface area contributed by atoms with E-state index in [1.807, 2.05) is 0 Å². The standard InChI is InChI=1S/C71H138O17P2/c1-9-63(7)49-41-33-24-17-15-13-11-12-14-16-18-27-37-45-53-70(75)87-67(58-82-69(74)52-44-36-30-29-32-40-48-62(5)6)60-86-90(79,80)84-56-65(72)55-83-89(77,78)85-59-66(57-81-68(73)51-43-35-26-21-19-23-31-39-47-61(3)4)88-71(76)54-46-38-28-22-20-25-34-42-50-64(8)10-2/h61-67,72H,9-60H2,1-8H3,(H,77,78)(H,79,80)/t63?,64?,65?,66-,67-/m1/s1. The molecule has 0 aromatic carbocycles. The summed E-state index contributed by atoms with van der Waals surface area (Å²) in [5.74, 6) is 0.889. The quantitative estimate of drug-likeness (QED) is 0.0222. The van der Waals surface area contributed by atoms with Crippen LogP contribution in [0, 0.1) is 23.7 Å². The molecule has 0 aliphatic carbocycles. The lowest BCUT2D eigenvalue weighted by molar-refractivity contribution is -0.161. The first kappa shape index (κ1) is 88.1. The molecular weight excluding hydrogens is 1190 g/mol. The van der Waals surface area contributed by atoms with Gasteiger partial charge in [-0.05, 0) is 49.4 Å². The predicted molar refractivity (Wildman–Crippen MR) is 363 cm³/mol. The molecule has 0 bridgehead atoms. The maximum Gasteiger partial charge on any atom is 0.472 e. The van der Waals surface area contributed by atoms with Crippen molar-refractivity contribution >= 4 is 39.5 Å². The van der Waals surface area contributed by atoms with E-state index in [2.05, 4.69) is 55.4 Å². The minimum atomic E-state index is -4.95. The van der Waals surface area contributed by atoms with Crippen molar-refractivity contribution in [3.05, 3.63) is 0 Å². The number of carbonyl (C=O) groups excluding carboxylic acids is 4. The van der Waals surface area contributed by atoms with E-state index in [-0.39, 0.29) is 25.7 Å². The predicted octanol–water partition coefficient (Wildman–Crippen LogP) is 20.1. The third-order valence-electron chi connectivity index (χ3n) is 17.0. The summed E-state index contributed by atoms with van der Waals surface area (Å²) < 4.78 is 68.3. The summed E-state index contributed by atoms with van der Waals surface area (Å²) in [6.45, 7) is 14.1. The van der Waals surface area contributed by atoms with Crippen molar-refractivity contribution in [1.82, 2.24) is 0 Å². The number of phosphoric ester groups is 2. The fourth-order valence-corrected chi connectivity index (χ4v) is 12.2. The number of phosphoric acid groups is 2. The van der Waals surface area contributed by atoms with Crippen molar-refractivity contribution in [3.8, 4) is 0 Å². The normalized spacial score (nSPS) is 14.9. The SMILES string of the molecule is CCC(C)CCCCCCCCCCCCCCCCC(=O)O[C@H](COC(=O)CCCCCCCCC(C)C)COP(=O)(O)OCC(O)COP(=O)(O)OC[C@@H](COC(=O)CCCCCCCCCCC(C)C)OC(=O)CCCCCCCCCCC(C)CC. The number of rotatable bonds is 68. The number of carbonyl (C=O) groups is 4. The van der Waals surface area contributed by atoms with E-state index < -0.39 is 97.5 Å². The maximum absolute atomic E-state index is 13.0. The second-order valence-electron chi connectivity index (χ2n) is 27.1. The minimum absolute atomic E-state index is 0.104. The maximum atomic E-state index is 13.0. The number of unbranched alkanes of at least 4 members (excludes halogenated alkanes) is 32. The average molecular weight is 1330 g/mol. The van der Waals surface area contributed by atoms with Gasteiger partial charge in [-0.3, -0.25) is 37.3 Å². The van der Waals surface area contributed by atoms with Crippen LogP contribution in [0.25, 0.3) is 0 Å². The van der Waals surface area contributed by atoms with Crippen molar-refractivity contribution in [2.45, 2.75) is 369 Å². The number of aliphatic hydroxyl groups excluding tert-OH is 1. The number of ether oxygens (including phenoxy) is 4. The number of aliphatic hydroxyl groups is 1. The number of hydrogen-bond donors (Lipinski definition) is 3. The van der Waals surface area contributed by atoms with Gasteiger partial charge in [-0.1, -0.05) is 299 Å². The Balaban J connectivity index is 5.22. The van der Waals surface area contributed by atoms with E-state index in [1.165, 1.54) is 148 Å². The highest BCUT2D eigenvalue weighted by Crippen LogP contribution is 2.45. The van der Waals surface area contributed by atoms with E-state index in [1.54, 1.807) is 0 Å². The van der Waals surface area contributed by atoms with Crippen LogP contribution in [0.1, 0.15) is 351 Å². The van der Waals surface area contributed by atoms with Gasteiger partial charge < -0.3 is 33.8 Å². The fraction of sp³-hybridized carbons (Fsp3) is 0.944. The summed E-state index contributed by atoms with van der Waals surface area (Å²) >= 11 is 0. The first-order valence-corrected chi connectivity index (χ1v) is 39.8. The van der Waals surface area contributed by atoms with Crippen LogP contribution in [0.5, 0.6) is 0 Å². The Labute approximate surface area is 549 Å². The Kier molecular flexibility index (Phi) is 59.4. The Morgan fingerprint density at radius 3 is 0.789 bits per heavy atom. The van der Waals surface area contributed by atoms with Crippen LogP contribution in [0.3, 0.4) is 0 Å². The molecule has 0 aliphatic rings. The van der Waals surface area contributed by atoms with Gasteiger partial charge in [0.2, 0.25) is 0 Å². The molecule has 0 rings (SSSR count). The van der Waals surface area contributed by atoms with Crippen molar-refractivity contribution in [1.29, 1.82) is 0 Å². The van der Waals surface area contributed by atoms with Gasteiger partial charge >= 0.3 is 39.5 Å². The summed E-state index contributed by atoms with van der Waals surface area (Å²) in [7, 11) is -9.90. The molecule has 3 N–H and O–H groups in total. The highest BCUT2D eigenvalue weighted by molar-refractivity contribution is 7.47. The van der Waals surface area contributed by atoms with Crippen LogP contribution in [0.4, 0.5) is 0 Å². The van der Waals surface area contributed by atoms with Gasteiger partial charge in [0.05, 0.1) is 26.4 Å². The van der Waals surface area contributed by atoms with Crippen molar-refractivity contribution < 1.29 is 80.2 Å². The molecular formula is C71H138O17P2. The summed E-state index contributed by atoms with van der Waals surface area (Å²) in [5, 5.41) is 10.6. The monoisotopic (exact) mass is 1320 g/mol. The molecule has 0 fully saturated rings. The second kappa shape index (κ2) is 60.7. The fourth-order valence-electron chi connectivity index (χ4n) is 10.6. The second-order valence-corrected chi connectivity index (χ2v) is 30.0. The molecule has 0 aromatic heterocycles. The minimum Gasteiger partial charge on any atom is -0.462 e. The molecule has 0 saturated heterocycles. The van der Waals surface area contributed by atoms with Gasteiger partial charge in [-0.25, -0.2) is 9.13 Å². The summed E-state index contributed by atoms with van der Waals surface area (Å²) in [6, 6.07) is 0. The third-order valence-corrected chi connectivity index (χ3v) is 18.9. The van der Waals surface area contributed by atoms with E-state index in [4.69, 9.17) is 37.0 Å². The van der Waals surface area contributed by atoms with Crippen LogP contribution in [0.2, 0.25) is 0 Å². The molecule has 0 radical (unpaired) electrons. The van der Waals surface area contributed by atoms with Gasteiger partial charge in [0, 0.05) is 25.7 Å². The Hall–Kier alpha value is -1.94. The number of hydrogen-bond acceptors (Lipinski definition) is 15. The lowest BCUT2D eigenvalue weighted by Gasteiger charge is -2.21. The van der Waals surface area contributed by atoms with Gasteiger partial charge in [0.1, 0.15) is 19.3 Å². The lowest BCUT2D eigenvalue weighted by atomic mass is 9.99.